The van der Waals surface area contributed by atoms with Crippen LogP contribution in [-0.2, 0) is 6.54 Å². The molecule has 0 radical (unpaired) electrons. The zero-order valence-corrected chi connectivity index (χ0v) is 10.0. The number of nitrogens with one attached hydrogen (secondary N) is 1. The van der Waals surface area contributed by atoms with Gasteiger partial charge in [-0.3, -0.25) is 0 Å². The van der Waals surface area contributed by atoms with E-state index in [1.807, 2.05) is 11.5 Å². The van der Waals surface area contributed by atoms with Crippen LogP contribution in [0.3, 0.4) is 0 Å². The van der Waals surface area contributed by atoms with Crippen LogP contribution < -0.4 is 5.32 Å². The SMILES string of the molecule is CCn1cncc1-c1nc(C)c(F)c(NC)n1. The number of imidazole rings is 1. The van der Waals surface area contributed by atoms with E-state index >= 15 is 0 Å². The second-order valence-corrected chi connectivity index (χ2v) is 3.61. The summed E-state index contributed by atoms with van der Waals surface area (Å²) in [5.74, 6) is 0.266. The van der Waals surface area contributed by atoms with Crippen LogP contribution >= 0.6 is 0 Å². The molecule has 0 amide bonds. The van der Waals surface area contributed by atoms with Crippen LogP contribution in [0.5, 0.6) is 0 Å². The van der Waals surface area contributed by atoms with E-state index in [0.717, 1.165) is 12.2 Å². The Bertz CT molecular complexity index is 535. The lowest BCUT2D eigenvalue weighted by atomic mass is 10.3. The number of anilines is 1. The van der Waals surface area contributed by atoms with Gasteiger partial charge in [-0.2, -0.15) is 0 Å². The van der Waals surface area contributed by atoms with Crippen molar-refractivity contribution in [3.05, 3.63) is 24.0 Å². The Morgan fingerprint density at radius 3 is 2.82 bits per heavy atom. The van der Waals surface area contributed by atoms with E-state index in [-0.39, 0.29) is 5.82 Å². The summed E-state index contributed by atoms with van der Waals surface area (Å²) in [7, 11) is 1.63. The van der Waals surface area contributed by atoms with Gasteiger partial charge in [0.1, 0.15) is 5.69 Å². The molecule has 0 fully saturated rings. The minimum atomic E-state index is -0.418. The van der Waals surface area contributed by atoms with E-state index in [4.69, 9.17) is 0 Å². The quantitative estimate of drug-likeness (QED) is 0.882. The number of hydrogen-bond donors (Lipinski definition) is 1. The minimum absolute atomic E-state index is 0.205. The normalized spacial score (nSPS) is 10.6. The van der Waals surface area contributed by atoms with E-state index in [2.05, 4.69) is 20.3 Å². The fourth-order valence-electron chi connectivity index (χ4n) is 1.60. The molecule has 0 aromatic carbocycles. The molecule has 90 valence electrons. The van der Waals surface area contributed by atoms with Gasteiger partial charge in [-0.25, -0.2) is 19.3 Å². The Hall–Kier alpha value is -1.98. The number of nitrogens with zero attached hydrogens (tertiary/aromatic N) is 4. The maximum absolute atomic E-state index is 13.6. The van der Waals surface area contributed by atoms with E-state index in [9.17, 15) is 4.39 Å². The molecule has 2 aromatic heterocycles. The van der Waals surface area contributed by atoms with Gasteiger partial charge in [0.2, 0.25) is 0 Å². The zero-order chi connectivity index (χ0) is 12.4. The topological polar surface area (TPSA) is 55.6 Å². The molecule has 1 N–H and O–H groups in total. The maximum atomic E-state index is 13.6. The van der Waals surface area contributed by atoms with E-state index in [1.165, 1.54) is 0 Å². The molecule has 0 atom stereocenters. The Morgan fingerprint density at radius 2 is 2.18 bits per heavy atom. The van der Waals surface area contributed by atoms with Gasteiger partial charge in [0.25, 0.3) is 0 Å². The van der Waals surface area contributed by atoms with Gasteiger partial charge in [-0.15, -0.1) is 0 Å². The molecule has 2 rings (SSSR count). The van der Waals surface area contributed by atoms with Crippen molar-refractivity contribution in [2.75, 3.05) is 12.4 Å². The summed E-state index contributed by atoms with van der Waals surface area (Å²) in [6.07, 6.45) is 3.38. The first-order valence-electron chi connectivity index (χ1n) is 5.39. The number of hydrogen-bond acceptors (Lipinski definition) is 4. The minimum Gasteiger partial charge on any atom is -0.371 e. The van der Waals surface area contributed by atoms with Crippen molar-refractivity contribution >= 4 is 5.82 Å². The Balaban J connectivity index is 2.57. The average Bonchev–Trinajstić information content (AvgIpc) is 2.80. The monoisotopic (exact) mass is 235 g/mol. The molecular weight excluding hydrogens is 221 g/mol. The van der Waals surface area contributed by atoms with Gasteiger partial charge in [0.05, 0.1) is 18.2 Å². The van der Waals surface area contributed by atoms with Crippen molar-refractivity contribution < 1.29 is 4.39 Å². The molecule has 17 heavy (non-hydrogen) atoms. The molecule has 0 bridgehead atoms. The third kappa shape index (κ3) is 1.98. The number of aryl methyl sites for hydroxylation is 2. The highest BCUT2D eigenvalue weighted by Crippen LogP contribution is 2.20. The summed E-state index contributed by atoms with van der Waals surface area (Å²) in [5, 5.41) is 2.72. The molecule has 2 aromatic rings. The van der Waals surface area contributed by atoms with Crippen molar-refractivity contribution in [1.29, 1.82) is 0 Å². The molecule has 0 unspecified atom stereocenters. The molecule has 0 aliphatic carbocycles. The van der Waals surface area contributed by atoms with Gasteiger partial charge in [0, 0.05) is 13.6 Å². The van der Waals surface area contributed by atoms with Crippen molar-refractivity contribution in [1.82, 2.24) is 19.5 Å². The predicted octanol–water partition coefficient (Wildman–Crippen LogP) is 1.85. The lowest BCUT2D eigenvalue weighted by Crippen LogP contribution is -2.05. The highest BCUT2D eigenvalue weighted by molar-refractivity contribution is 5.53. The lowest BCUT2D eigenvalue weighted by Gasteiger charge is -2.08. The van der Waals surface area contributed by atoms with E-state index in [0.29, 0.717) is 11.5 Å². The van der Waals surface area contributed by atoms with Gasteiger partial charge in [-0.05, 0) is 13.8 Å². The first-order chi connectivity index (χ1) is 8.17. The molecule has 0 aliphatic rings. The van der Waals surface area contributed by atoms with Crippen LogP contribution in [0.1, 0.15) is 12.6 Å². The van der Waals surface area contributed by atoms with Crippen molar-refractivity contribution in [3.8, 4) is 11.5 Å². The summed E-state index contributed by atoms with van der Waals surface area (Å²) >= 11 is 0. The molecule has 5 nitrogen and oxygen atoms in total. The Kier molecular flexibility index (Phi) is 3.03. The fourth-order valence-corrected chi connectivity index (χ4v) is 1.60. The van der Waals surface area contributed by atoms with Gasteiger partial charge >= 0.3 is 0 Å². The number of halogens is 1. The first kappa shape index (κ1) is 11.5. The molecule has 0 aliphatic heterocycles. The molecule has 0 saturated heterocycles. The van der Waals surface area contributed by atoms with E-state index < -0.39 is 5.82 Å². The van der Waals surface area contributed by atoms with Crippen LogP contribution in [0.2, 0.25) is 0 Å². The third-order valence-electron chi connectivity index (χ3n) is 2.54. The largest absolute Gasteiger partial charge is 0.371 e. The highest BCUT2D eigenvalue weighted by atomic mass is 19.1. The van der Waals surface area contributed by atoms with Gasteiger partial charge in [-0.1, -0.05) is 0 Å². The van der Waals surface area contributed by atoms with Crippen LogP contribution in [0.4, 0.5) is 10.2 Å². The van der Waals surface area contributed by atoms with Gasteiger partial charge < -0.3 is 9.88 Å². The van der Waals surface area contributed by atoms with E-state index in [1.54, 1.807) is 26.5 Å². The molecular formula is C11H14FN5. The van der Waals surface area contributed by atoms with Crippen molar-refractivity contribution in [2.45, 2.75) is 20.4 Å². The summed E-state index contributed by atoms with van der Waals surface area (Å²) in [5.41, 5.74) is 1.11. The molecule has 0 spiro atoms. The summed E-state index contributed by atoms with van der Waals surface area (Å²) in [4.78, 5) is 12.3. The lowest BCUT2D eigenvalue weighted by molar-refractivity contribution is 0.606. The Morgan fingerprint density at radius 1 is 1.41 bits per heavy atom. The first-order valence-corrected chi connectivity index (χ1v) is 5.39. The third-order valence-corrected chi connectivity index (χ3v) is 2.54. The van der Waals surface area contributed by atoms with Crippen LogP contribution in [0, 0.1) is 12.7 Å². The number of aromatic nitrogens is 4. The second kappa shape index (κ2) is 4.48. The molecule has 0 saturated carbocycles. The average molecular weight is 235 g/mol. The summed E-state index contributed by atoms with van der Waals surface area (Å²) < 4.78 is 15.5. The second-order valence-electron chi connectivity index (χ2n) is 3.61. The predicted molar refractivity (Wildman–Crippen MR) is 63.2 cm³/mol. The molecule has 6 heteroatoms. The molecule has 2 heterocycles. The van der Waals surface area contributed by atoms with Crippen molar-refractivity contribution in [2.24, 2.45) is 0 Å². The summed E-state index contributed by atoms with van der Waals surface area (Å²) in [6.45, 7) is 4.39. The van der Waals surface area contributed by atoms with Crippen molar-refractivity contribution in [3.63, 3.8) is 0 Å². The van der Waals surface area contributed by atoms with Crippen LogP contribution in [-0.4, -0.2) is 26.6 Å². The Labute approximate surface area is 98.7 Å². The fraction of sp³-hybridized carbons (Fsp3) is 0.364. The smallest absolute Gasteiger partial charge is 0.186 e. The zero-order valence-electron chi connectivity index (χ0n) is 10.0. The standard InChI is InChI=1S/C11H14FN5/c1-4-17-6-14-5-8(17)10-15-7(2)9(12)11(13-3)16-10/h5-6H,4H2,1-3H3,(H,13,15,16). The summed E-state index contributed by atoms with van der Waals surface area (Å²) in [6, 6.07) is 0. The van der Waals surface area contributed by atoms with Crippen LogP contribution in [0.15, 0.2) is 12.5 Å². The van der Waals surface area contributed by atoms with Gasteiger partial charge in [0.15, 0.2) is 17.5 Å². The highest BCUT2D eigenvalue weighted by Gasteiger charge is 2.13. The van der Waals surface area contributed by atoms with Crippen LogP contribution in [0.25, 0.3) is 11.5 Å². The maximum Gasteiger partial charge on any atom is 0.186 e. The number of rotatable bonds is 3.